The number of aromatic nitrogens is 1. The number of benzene rings is 1. The Labute approximate surface area is 244 Å². The first-order valence-electron chi connectivity index (χ1n) is 13.7. The predicted molar refractivity (Wildman–Crippen MR) is 154 cm³/mol. The minimum absolute atomic E-state index is 0.121. The van der Waals surface area contributed by atoms with E-state index in [1.807, 2.05) is 13.8 Å². The molecule has 0 aliphatic heterocycles. The van der Waals surface area contributed by atoms with E-state index in [1.165, 1.54) is 13.1 Å². The maximum Gasteiger partial charge on any atom is 0.345 e. The fraction of sp³-hybridized carbons (Fsp3) is 0.467. The zero-order valence-electron chi connectivity index (χ0n) is 23.8. The number of ether oxygens (including phenoxy) is 2. The Morgan fingerprint density at radius 3 is 2.29 bits per heavy atom. The third-order valence-corrected chi connectivity index (χ3v) is 8.10. The van der Waals surface area contributed by atoms with E-state index in [1.54, 1.807) is 49.5 Å². The van der Waals surface area contributed by atoms with Crippen LogP contribution in [0, 0.1) is 5.92 Å². The van der Waals surface area contributed by atoms with Gasteiger partial charge >= 0.3 is 11.9 Å². The third kappa shape index (κ3) is 8.88. The lowest BCUT2D eigenvalue weighted by atomic mass is 9.94. The van der Waals surface area contributed by atoms with Gasteiger partial charge in [-0.25, -0.2) is 9.59 Å². The summed E-state index contributed by atoms with van der Waals surface area (Å²) in [5, 5.41) is 4.94. The quantitative estimate of drug-likeness (QED) is 0.283. The first kappa shape index (κ1) is 31.8. The average molecular weight is 584 g/mol. The fourth-order valence-corrected chi connectivity index (χ4v) is 5.47. The molecule has 1 heterocycles. The molecule has 0 spiro atoms. The van der Waals surface area contributed by atoms with Crippen LogP contribution < -0.4 is 15.4 Å². The van der Waals surface area contributed by atoms with Crippen LogP contribution >= 0.6 is 11.8 Å². The van der Waals surface area contributed by atoms with Crippen LogP contribution in [0.3, 0.4) is 0 Å². The van der Waals surface area contributed by atoms with Crippen LogP contribution in [0.25, 0.3) is 0 Å². The highest BCUT2D eigenvalue weighted by atomic mass is 32.2. The number of nitrogens with zero attached hydrogens (tertiary/aromatic N) is 1. The second kappa shape index (κ2) is 14.8. The largest absolute Gasteiger partial charge is 0.464 e. The summed E-state index contributed by atoms with van der Waals surface area (Å²) in [6.45, 7) is 6.92. The van der Waals surface area contributed by atoms with Crippen LogP contribution in [0.1, 0.15) is 69.3 Å². The molecular formula is C30H37N3O7S. The number of hydrogen-bond acceptors (Lipinski definition) is 9. The summed E-state index contributed by atoms with van der Waals surface area (Å²) in [5.41, 5.74) is -0.169. The fourth-order valence-electron chi connectivity index (χ4n) is 4.68. The van der Waals surface area contributed by atoms with E-state index in [-0.39, 0.29) is 30.0 Å². The Kier molecular flexibility index (Phi) is 11.5. The van der Waals surface area contributed by atoms with Crippen molar-refractivity contribution < 1.29 is 33.4 Å². The van der Waals surface area contributed by atoms with Gasteiger partial charge in [0.2, 0.25) is 11.8 Å². The molecular weight excluding hydrogens is 546 g/mol. The molecule has 1 aliphatic rings. The van der Waals surface area contributed by atoms with Crippen molar-refractivity contribution in [1.29, 1.82) is 0 Å². The number of thioether (sulfide) groups is 1. The number of carbonyl (C=O) groups excluding carboxylic acids is 5. The van der Waals surface area contributed by atoms with Crippen molar-refractivity contribution in [3.8, 4) is 5.75 Å². The standard InChI is InChI=1S/C30H37N3O7S/c1-5-39-28(37)24(17-21-10-12-23(13-11-21)40-27(36)22-9-8-16-31-18-22)32-29(38)30(14-6-7-15-30)33-26(35)25(19(2)3)41-20(4)34/h8-13,16,18-19,24-25H,5-7,14-15,17H2,1-4H3,(H,32,38)(H,33,35)/t24-,25-/m0/s1. The van der Waals surface area contributed by atoms with Crippen molar-refractivity contribution in [3.63, 3.8) is 0 Å². The first-order valence-corrected chi connectivity index (χ1v) is 14.6. The Morgan fingerprint density at radius 2 is 1.73 bits per heavy atom. The average Bonchev–Trinajstić information content (AvgIpc) is 3.42. The second-order valence-corrected chi connectivity index (χ2v) is 11.6. The zero-order valence-corrected chi connectivity index (χ0v) is 24.6. The molecule has 1 aromatic carbocycles. The maximum atomic E-state index is 13.7. The first-order chi connectivity index (χ1) is 19.5. The van der Waals surface area contributed by atoms with Crippen molar-refractivity contribution in [3.05, 3.63) is 59.9 Å². The molecule has 3 rings (SSSR count). The molecule has 0 saturated heterocycles. The molecule has 10 nitrogen and oxygen atoms in total. The van der Waals surface area contributed by atoms with Gasteiger partial charge in [-0.1, -0.05) is 50.6 Å². The molecule has 2 amide bonds. The maximum absolute atomic E-state index is 13.7. The number of amides is 2. The van der Waals surface area contributed by atoms with Crippen molar-refractivity contribution in [2.75, 3.05) is 6.61 Å². The van der Waals surface area contributed by atoms with Crippen molar-refractivity contribution >= 4 is 40.6 Å². The van der Waals surface area contributed by atoms with Gasteiger partial charge in [-0.05, 0) is 55.5 Å². The lowest BCUT2D eigenvalue weighted by Crippen LogP contribution is -2.61. The van der Waals surface area contributed by atoms with Gasteiger partial charge in [-0.3, -0.25) is 19.4 Å². The zero-order chi connectivity index (χ0) is 30.0. The topological polar surface area (TPSA) is 141 Å². The Morgan fingerprint density at radius 1 is 1.05 bits per heavy atom. The number of pyridine rings is 1. The normalized spacial score (nSPS) is 15.4. The lowest BCUT2D eigenvalue weighted by molar-refractivity contribution is -0.148. The number of nitrogens with one attached hydrogen (secondary N) is 2. The van der Waals surface area contributed by atoms with Gasteiger partial charge in [0.1, 0.15) is 17.3 Å². The predicted octanol–water partition coefficient (Wildman–Crippen LogP) is 3.62. The van der Waals surface area contributed by atoms with Crippen LogP contribution in [-0.2, 0) is 30.3 Å². The van der Waals surface area contributed by atoms with Crippen LogP contribution in [0.4, 0.5) is 0 Å². The summed E-state index contributed by atoms with van der Waals surface area (Å²) in [6, 6.07) is 8.83. The molecule has 2 aromatic rings. The number of rotatable bonds is 12. The van der Waals surface area contributed by atoms with Crippen molar-refractivity contribution in [2.24, 2.45) is 5.92 Å². The lowest BCUT2D eigenvalue weighted by Gasteiger charge is -2.33. The highest BCUT2D eigenvalue weighted by Crippen LogP contribution is 2.32. The van der Waals surface area contributed by atoms with E-state index >= 15 is 0 Å². The summed E-state index contributed by atoms with van der Waals surface area (Å²) in [5.74, 6) is -1.79. The van der Waals surface area contributed by atoms with Gasteiger partial charge < -0.3 is 20.1 Å². The summed E-state index contributed by atoms with van der Waals surface area (Å²) in [4.78, 5) is 67.7. The molecule has 0 bridgehead atoms. The highest BCUT2D eigenvalue weighted by molar-refractivity contribution is 8.14. The van der Waals surface area contributed by atoms with Gasteiger partial charge in [-0.2, -0.15) is 0 Å². The van der Waals surface area contributed by atoms with E-state index in [4.69, 9.17) is 9.47 Å². The minimum Gasteiger partial charge on any atom is -0.464 e. The van der Waals surface area contributed by atoms with Gasteiger partial charge in [0, 0.05) is 25.7 Å². The van der Waals surface area contributed by atoms with E-state index in [0.717, 1.165) is 24.6 Å². The molecule has 1 aliphatic carbocycles. The highest BCUT2D eigenvalue weighted by Gasteiger charge is 2.45. The van der Waals surface area contributed by atoms with E-state index in [9.17, 15) is 24.0 Å². The number of hydrogen-bond donors (Lipinski definition) is 2. The molecule has 1 aromatic heterocycles. The van der Waals surface area contributed by atoms with Gasteiger partial charge in [0.05, 0.1) is 17.4 Å². The van der Waals surface area contributed by atoms with Crippen LogP contribution in [0.15, 0.2) is 48.8 Å². The van der Waals surface area contributed by atoms with E-state index < -0.39 is 34.7 Å². The Bertz CT molecular complexity index is 1230. The van der Waals surface area contributed by atoms with Gasteiger partial charge in [-0.15, -0.1) is 0 Å². The molecule has 11 heteroatoms. The molecule has 2 atom stereocenters. The molecule has 1 saturated carbocycles. The molecule has 0 radical (unpaired) electrons. The van der Waals surface area contributed by atoms with Gasteiger partial charge in [0.25, 0.3) is 0 Å². The van der Waals surface area contributed by atoms with E-state index in [2.05, 4.69) is 15.6 Å². The summed E-state index contributed by atoms with van der Waals surface area (Å²) in [6.07, 6.45) is 5.42. The summed E-state index contributed by atoms with van der Waals surface area (Å²) >= 11 is 0.949. The second-order valence-electron chi connectivity index (χ2n) is 10.3. The third-order valence-electron chi connectivity index (χ3n) is 6.76. The molecule has 41 heavy (non-hydrogen) atoms. The van der Waals surface area contributed by atoms with Crippen molar-refractivity contribution in [1.82, 2.24) is 15.6 Å². The van der Waals surface area contributed by atoms with Crippen molar-refractivity contribution in [2.45, 2.75) is 76.6 Å². The summed E-state index contributed by atoms with van der Waals surface area (Å²) in [7, 11) is 0. The number of esters is 2. The molecule has 2 N–H and O–H groups in total. The Hall–Kier alpha value is -3.73. The monoisotopic (exact) mass is 583 g/mol. The summed E-state index contributed by atoms with van der Waals surface area (Å²) < 4.78 is 10.6. The Balaban J connectivity index is 1.73. The SMILES string of the molecule is CCOC(=O)[C@H](Cc1ccc(OC(=O)c2cccnc2)cc1)NC(=O)C1(NC(=O)[C@@H](SC(C)=O)C(C)C)CCCC1. The minimum atomic E-state index is -1.18. The number of carbonyl (C=O) groups is 5. The molecule has 1 fully saturated rings. The van der Waals surface area contributed by atoms with Crippen LogP contribution in [0.5, 0.6) is 5.75 Å². The van der Waals surface area contributed by atoms with Crippen LogP contribution in [-0.4, -0.2) is 57.3 Å². The molecule has 0 unspecified atom stereocenters. The smallest absolute Gasteiger partial charge is 0.345 e. The van der Waals surface area contributed by atoms with Crippen LogP contribution in [0.2, 0.25) is 0 Å². The van der Waals surface area contributed by atoms with E-state index in [0.29, 0.717) is 29.7 Å². The molecule has 220 valence electrons. The van der Waals surface area contributed by atoms with Gasteiger partial charge in [0.15, 0.2) is 5.12 Å².